The van der Waals surface area contributed by atoms with Crippen LogP contribution in [0.3, 0.4) is 0 Å². The predicted molar refractivity (Wildman–Crippen MR) is 171 cm³/mol. The van der Waals surface area contributed by atoms with Crippen LogP contribution in [0.4, 0.5) is 0 Å². The van der Waals surface area contributed by atoms with E-state index in [-0.39, 0.29) is 36.4 Å². The minimum atomic E-state index is -2.40. The molecule has 0 aromatic rings. The molecule has 2 aliphatic heterocycles. The molecule has 8 N–H and O–H groups in total. The van der Waals surface area contributed by atoms with Crippen LogP contribution in [0.2, 0.25) is 0 Å². The number of carbonyl (C=O) groups is 4. The fourth-order valence-corrected chi connectivity index (χ4v) is 10.00. The van der Waals surface area contributed by atoms with E-state index in [1.807, 2.05) is 13.0 Å². The highest BCUT2D eigenvalue weighted by Gasteiger charge is 2.68. The number of aliphatic carboxylic acids is 1. The maximum absolute atomic E-state index is 13.9. The van der Waals surface area contributed by atoms with Gasteiger partial charge in [-0.15, -0.1) is 0 Å². The largest absolute Gasteiger partial charge is 0.477 e. The van der Waals surface area contributed by atoms with Crippen molar-refractivity contribution in [3.63, 3.8) is 0 Å². The summed E-state index contributed by atoms with van der Waals surface area (Å²) in [5, 5.41) is 78.4. The molecule has 3 saturated carbocycles. The fourth-order valence-electron chi connectivity index (χ4n) is 10.00. The molecule has 6 aliphatic rings. The average molecular weight is 724 g/mol. The van der Waals surface area contributed by atoms with Crippen LogP contribution in [0.1, 0.15) is 59.3 Å². The maximum atomic E-state index is 13.9. The molecule has 15 atom stereocenters. The highest BCUT2D eigenvalue weighted by molar-refractivity contribution is 6.01. The van der Waals surface area contributed by atoms with Gasteiger partial charge in [0.05, 0.1) is 31.5 Å². The van der Waals surface area contributed by atoms with E-state index >= 15 is 0 Å². The molecule has 0 radical (unpaired) electrons. The lowest BCUT2D eigenvalue weighted by atomic mass is 9.46. The van der Waals surface area contributed by atoms with Crippen LogP contribution < -0.4 is 5.32 Å². The third-order valence-electron chi connectivity index (χ3n) is 12.8. The summed E-state index contributed by atoms with van der Waals surface area (Å²) >= 11 is 0. The molecule has 2 heterocycles. The number of nitrogens with one attached hydrogen (secondary N) is 1. The van der Waals surface area contributed by atoms with Crippen molar-refractivity contribution in [2.75, 3.05) is 19.8 Å². The van der Waals surface area contributed by atoms with E-state index < -0.39 is 115 Å². The average Bonchev–Trinajstić information content (AvgIpc) is 3.34. The molecular weight excluding hydrogens is 674 g/mol. The number of Topliss-reactive ketones (excluding diaryl/α,β-unsaturated/α-hetero) is 1. The number of carboxylic acid groups (broad SMARTS) is 1. The molecule has 0 bridgehead atoms. The molecule has 5 fully saturated rings. The zero-order chi connectivity index (χ0) is 37.3. The molecule has 284 valence electrons. The monoisotopic (exact) mass is 723 g/mol. The highest BCUT2D eigenvalue weighted by Crippen LogP contribution is 2.67. The number of fused-ring (bicyclic) bond motifs is 5. The van der Waals surface area contributed by atoms with Crippen molar-refractivity contribution >= 4 is 23.4 Å². The smallest absolute Gasteiger partial charge is 0.364 e. The molecule has 0 spiro atoms. The SMILES string of the molecule is CC(=O)NC1COC(OCC2OC(OCC(=O)C3(O)CCC4C5CCC6=CC(=O)C=CC6(C)C5C(O)CC43C)C(O)C(O)C2O)(C(=O)O)CC1O. The lowest BCUT2D eigenvalue weighted by molar-refractivity contribution is -0.323. The van der Waals surface area contributed by atoms with Gasteiger partial charge in [-0.2, -0.15) is 0 Å². The first-order chi connectivity index (χ1) is 23.9. The van der Waals surface area contributed by atoms with E-state index in [1.54, 1.807) is 13.0 Å². The maximum Gasteiger partial charge on any atom is 0.364 e. The third kappa shape index (κ3) is 6.30. The summed E-state index contributed by atoms with van der Waals surface area (Å²) < 4.78 is 22.2. The molecule has 16 heteroatoms. The summed E-state index contributed by atoms with van der Waals surface area (Å²) in [6.45, 7) is 3.17. The minimum Gasteiger partial charge on any atom is -0.477 e. The number of amides is 1. The van der Waals surface area contributed by atoms with E-state index in [1.165, 1.54) is 13.0 Å². The van der Waals surface area contributed by atoms with Gasteiger partial charge < -0.3 is 60.0 Å². The van der Waals surface area contributed by atoms with Crippen LogP contribution in [-0.4, -0.2) is 139 Å². The number of carbonyl (C=O) groups excluding carboxylic acids is 3. The van der Waals surface area contributed by atoms with Gasteiger partial charge in [-0.3, -0.25) is 14.4 Å². The van der Waals surface area contributed by atoms with Crippen molar-refractivity contribution in [3.8, 4) is 0 Å². The summed E-state index contributed by atoms with van der Waals surface area (Å²) in [5.74, 6) is -5.60. The quantitative estimate of drug-likeness (QED) is 0.134. The van der Waals surface area contributed by atoms with Gasteiger partial charge in [-0.05, 0) is 56.1 Å². The number of ketones is 2. The summed E-state index contributed by atoms with van der Waals surface area (Å²) in [7, 11) is 0. The fraction of sp³-hybridized carbons (Fsp3) is 0.771. The zero-order valence-electron chi connectivity index (χ0n) is 28.8. The van der Waals surface area contributed by atoms with Crippen LogP contribution in [0.5, 0.6) is 0 Å². The second kappa shape index (κ2) is 13.6. The molecule has 51 heavy (non-hydrogen) atoms. The van der Waals surface area contributed by atoms with E-state index in [2.05, 4.69) is 5.32 Å². The minimum absolute atomic E-state index is 0.0259. The molecule has 0 aromatic heterocycles. The van der Waals surface area contributed by atoms with Gasteiger partial charge in [0, 0.05) is 30.1 Å². The van der Waals surface area contributed by atoms with Crippen molar-refractivity contribution in [1.82, 2.24) is 5.32 Å². The Balaban J connectivity index is 1.11. The first-order valence-corrected chi connectivity index (χ1v) is 17.5. The lowest BCUT2D eigenvalue weighted by Crippen LogP contribution is -2.63. The normalized spacial score (nSPS) is 47.8. The van der Waals surface area contributed by atoms with Crippen molar-refractivity contribution in [3.05, 3.63) is 23.8 Å². The number of carboxylic acids is 1. The molecule has 1 amide bonds. The van der Waals surface area contributed by atoms with E-state index in [4.69, 9.17) is 18.9 Å². The Hall–Kier alpha value is -2.64. The lowest BCUT2D eigenvalue weighted by Gasteiger charge is -2.59. The Labute approximate surface area is 294 Å². The Kier molecular flexibility index (Phi) is 10.2. The predicted octanol–water partition coefficient (Wildman–Crippen LogP) is -1.53. The van der Waals surface area contributed by atoms with Crippen molar-refractivity contribution < 1.29 is 73.9 Å². The Morgan fingerprint density at radius 2 is 1.75 bits per heavy atom. The number of allylic oxidation sites excluding steroid dienone is 4. The van der Waals surface area contributed by atoms with Crippen LogP contribution in [0.15, 0.2) is 23.8 Å². The second-order valence-corrected chi connectivity index (χ2v) is 15.6. The number of aliphatic hydroxyl groups excluding tert-OH is 5. The first kappa shape index (κ1) is 38.1. The van der Waals surface area contributed by atoms with Gasteiger partial charge in [0.2, 0.25) is 5.91 Å². The van der Waals surface area contributed by atoms with Gasteiger partial charge in [0.1, 0.15) is 36.6 Å². The molecule has 16 nitrogen and oxygen atoms in total. The van der Waals surface area contributed by atoms with Crippen LogP contribution in [0.25, 0.3) is 0 Å². The van der Waals surface area contributed by atoms with Crippen LogP contribution in [0, 0.1) is 28.6 Å². The number of aliphatic hydroxyl groups is 6. The Bertz CT molecular complexity index is 1480. The topological polar surface area (TPSA) is 259 Å². The first-order valence-electron chi connectivity index (χ1n) is 17.5. The summed E-state index contributed by atoms with van der Waals surface area (Å²) in [6.07, 6.45) is -4.36. The summed E-state index contributed by atoms with van der Waals surface area (Å²) in [4.78, 5) is 49.6. The Morgan fingerprint density at radius 1 is 1.02 bits per heavy atom. The summed E-state index contributed by atoms with van der Waals surface area (Å²) in [5.41, 5.74) is -2.46. The van der Waals surface area contributed by atoms with E-state index in [0.717, 1.165) is 5.57 Å². The molecule has 4 aliphatic carbocycles. The highest BCUT2D eigenvalue weighted by atomic mass is 16.7. The van der Waals surface area contributed by atoms with Crippen LogP contribution >= 0.6 is 0 Å². The van der Waals surface area contributed by atoms with E-state index in [0.29, 0.717) is 19.3 Å². The third-order valence-corrected chi connectivity index (χ3v) is 12.8. The van der Waals surface area contributed by atoms with Gasteiger partial charge >= 0.3 is 5.97 Å². The van der Waals surface area contributed by atoms with Gasteiger partial charge in [-0.25, -0.2) is 4.79 Å². The molecule has 15 unspecified atom stereocenters. The van der Waals surface area contributed by atoms with E-state index in [9.17, 15) is 54.9 Å². The molecule has 2 saturated heterocycles. The molecule has 6 rings (SSSR count). The van der Waals surface area contributed by atoms with Crippen LogP contribution in [-0.2, 0) is 38.1 Å². The van der Waals surface area contributed by atoms with Crippen molar-refractivity contribution in [1.29, 1.82) is 0 Å². The van der Waals surface area contributed by atoms with Gasteiger partial charge in [0.15, 0.2) is 17.9 Å². The van der Waals surface area contributed by atoms with Crippen molar-refractivity contribution in [2.24, 2.45) is 28.6 Å². The molecule has 0 aromatic carbocycles. The molecular formula is C35H49NO15. The zero-order valence-corrected chi connectivity index (χ0v) is 28.8. The van der Waals surface area contributed by atoms with Gasteiger partial charge in [0.25, 0.3) is 5.79 Å². The second-order valence-electron chi connectivity index (χ2n) is 15.6. The number of hydrogen-bond donors (Lipinski definition) is 8. The number of hydrogen-bond acceptors (Lipinski definition) is 14. The van der Waals surface area contributed by atoms with Crippen molar-refractivity contribution in [2.45, 2.75) is 120 Å². The van der Waals surface area contributed by atoms with Gasteiger partial charge in [-0.1, -0.05) is 25.5 Å². The number of rotatable bonds is 9. The Morgan fingerprint density at radius 3 is 2.41 bits per heavy atom. The number of ether oxygens (including phenoxy) is 4. The summed E-state index contributed by atoms with van der Waals surface area (Å²) in [6, 6.07) is -0.898. The standard InChI is InChI=1S/C35H49NO15/c1-16(37)36-21-13-49-35(31(45)46,12-22(21)39)50-14-24-27(42)28(43)29(44)30(51-24)48-15-25(41)34(47)9-7-20-19-5-4-17-10-18(38)6-8-32(17,2)26(19)23(40)11-33(20,34)3/h6,8,10,19-24,26-30,39-40,42-44,47H,4-5,7,9,11-15H2,1-3H3,(H,36,37)(H,45,46).